The topological polar surface area (TPSA) is 71.8 Å². The van der Waals surface area contributed by atoms with E-state index in [2.05, 4.69) is 32.8 Å². The van der Waals surface area contributed by atoms with Crippen molar-refractivity contribution in [3.8, 4) is 0 Å². The van der Waals surface area contributed by atoms with Crippen LogP contribution in [0.15, 0.2) is 54.6 Å². The number of hydrogen-bond donors (Lipinski definition) is 2. The van der Waals surface area contributed by atoms with E-state index in [4.69, 9.17) is 0 Å². The molecule has 6 nitrogen and oxygen atoms in total. The van der Waals surface area contributed by atoms with Gasteiger partial charge in [-0.3, -0.25) is 10.1 Å². The minimum Gasteiger partial charge on any atom is -0.347 e. The fraction of sp³-hybridized carbons (Fsp3) is 0.250. The summed E-state index contributed by atoms with van der Waals surface area (Å²) >= 11 is 0. The lowest BCUT2D eigenvalue weighted by molar-refractivity contribution is -0.115. The van der Waals surface area contributed by atoms with Gasteiger partial charge in [0.1, 0.15) is 5.82 Å². The molecule has 4 rings (SSSR count). The Bertz CT molecular complexity index is 939. The van der Waals surface area contributed by atoms with Gasteiger partial charge in [0.2, 0.25) is 11.9 Å². The number of benzene rings is 2. The number of carbonyl (C=O) groups is 1. The minimum atomic E-state index is -0.276. The molecule has 0 radical (unpaired) electrons. The normalized spacial score (nSPS) is 18.4. The van der Waals surface area contributed by atoms with E-state index in [-0.39, 0.29) is 29.8 Å². The smallest absolute Gasteiger partial charge is 0.250 e. The molecule has 0 unspecified atom stereocenters. The molecular weight excluding hydrogens is 345 g/mol. The Kier molecular flexibility index (Phi) is 4.58. The van der Waals surface area contributed by atoms with Crippen LogP contribution in [0.2, 0.25) is 0 Å². The third-order valence-corrected chi connectivity index (χ3v) is 4.72. The number of hydrogen-bond acceptors (Lipinski definition) is 4. The van der Waals surface area contributed by atoms with Crippen LogP contribution in [-0.2, 0) is 4.79 Å². The van der Waals surface area contributed by atoms with Crippen LogP contribution < -0.4 is 10.6 Å². The van der Waals surface area contributed by atoms with Crippen molar-refractivity contribution in [2.45, 2.75) is 31.8 Å². The van der Waals surface area contributed by atoms with E-state index in [0.29, 0.717) is 12.4 Å². The van der Waals surface area contributed by atoms with Crippen molar-refractivity contribution in [1.29, 1.82) is 0 Å². The minimum absolute atomic E-state index is 0.0349. The average molecular weight is 365 g/mol. The van der Waals surface area contributed by atoms with Crippen LogP contribution in [0.5, 0.6) is 0 Å². The summed E-state index contributed by atoms with van der Waals surface area (Å²) in [5, 5.41) is 10.6. The third-order valence-electron chi connectivity index (χ3n) is 4.72. The maximum absolute atomic E-state index is 13.4. The van der Waals surface area contributed by atoms with E-state index in [1.807, 2.05) is 18.2 Å². The number of amides is 1. The molecule has 1 aliphatic rings. The summed E-state index contributed by atoms with van der Waals surface area (Å²) in [6.07, 6.45) is 1.08. The van der Waals surface area contributed by atoms with Crippen molar-refractivity contribution in [1.82, 2.24) is 14.8 Å². The zero-order valence-electron chi connectivity index (χ0n) is 14.9. The van der Waals surface area contributed by atoms with Gasteiger partial charge >= 0.3 is 0 Å². The van der Waals surface area contributed by atoms with Gasteiger partial charge in [-0.2, -0.15) is 4.98 Å². The standard InChI is InChI=1S/C20H20FN5O/c1-2-18(27)23-19-24-20-22-16(13-6-4-3-5-7-13)12-17(26(20)25-19)14-8-10-15(21)11-9-14/h3-11,16-17H,2,12H2,1H3,(H2,22,23,24,25,27)/t16-,17-/m1/s1. The quantitative estimate of drug-likeness (QED) is 0.735. The summed E-state index contributed by atoms with van der Waals surface area (Å²) in [5.74, 6) is 0.430. The van der Waals surface area contributed by atoms with Gasteiger partial charge in [-0.05, 0) is 29.7 Å². The molecule has 2 heterocycles. The van der Waals surface area contributed by atoms with Crippen LogP contribution in [0, 0.1) is 5.82 Å². The number of anilines is 2. The van der Waals surface area contributed by atoms with Crippen molar-refractivity contribution in [2.75, 3.05) is 10.6 Å². The molecule has 0 bridgehead atoms. The van der Waals surface area contributed by atoms with E-state index in [1.165, 1.54) is 12.1 Å². The van der Waals surface area contributed by atoms with E-state index in [9.17, 15) is 9.18 Å². The fourth-order valence-corrected chi connectivity index (χ4v) is 3.31. The van der Waals surface area contributed by atoms with Gasteiger partial charge in [-0.25, -0.2) is 9.07 Å². The number of fused-ring (bicyclic) bond motifs is 1. The Morgan fingerprint density at radius 1 is 1.19 bits per heavy atom. The number of nitrogens with one attached hydrogen (secondary N) is 2. The van der Waals surface area contributed by atoms with Crippen LogP contribution in [0.1, 0.15) is 43.0 Å². The molecule has 2 aromatic carbocycles. The highest BCUT2D eigenvalue weighted by molar-refractivity contribution is 5.88. The average Bonchev–Trinajstić information content (AvgIpc) is 3.10. The van der Waals surface area contributed by atoms with Gasteiger partial charge in [0.05, 0.1) is 12.1 Å². The van der Waals surface area contributed by atoms with Crippen molar-refractivity contribution in [3.63, 3.8) is 0 Å². The molecule has 7 heteroatoms. The lowest BCUT2D eigenvalue weighted by atomic mass is 9.93. The number of aromatic nitrogens is 3. The second-order valence-electron chi connectivity index (χ2n) is 6.52. The van der Waals surface area contributed by atoms with Crippen LogP contribution in [0.4, 0.5) is 16.3 Å². The number of rotatable bonds is 4. The van der Waals surface area contributed by atoms with Gasteiger partial charge in [-0.1, -0.05) is 49.4 Å². The number of halogens is 1. The largest absolute Gasteiger partial charge is 0.347 e. The molecular formula is C20H20FN5O. The Balaban J connectivity index is 1.72. The van der Waals surface area contributed by atoms with Crippen LogP contribution in [0.3, 0.4) is 0 Å². The van der Waals surface area contributed by atoms with Crippen molar-refractivity contribution >= 4 is 17.8 Å². The predicted molar refractivity (Wildman–Crippen MR) is 101 cm³/mol. The zero-order valence-corrected chi connectivity index (χ0v) is 14.9. The first-order chi connectivity index (χ1) is 13.1. The Labute approximate surface area is 156 Å². The fourth-order valence-electron chi connectivity index (χ4n) is 3.31. The third kappa shape index (κ3) is 3.53. The maximum Gasteiger partial charge on any atom is 0.250 e. The Hall–Kier alpha value is -3.22. The molecule has 2 atom stereocenters. The van der Waals surface area contributed by atoms with E-state index >= 15 is 0 Å². The first kappa shape index (κ1) is 17.2. The lowest BCUT2D eigenvalue weighted by Gasteiger charge is -2.31. The predicted octanol–water partition coefficient (Wildman–Crippen LogP) is 3.91. The number of carbonyl (C=O) groups excluding carboxylic acids is 1. The highest BCUT2D eigenvalue weighted by atomic mass is 19.1. The van der Waals surface area contributed by atoms with Crippen LogP contribution >= 0.6 is 0 Å². The highest BCUT2D eigenvalue weighted by Crippen LogP contribution is 2.38. The second kappa shape index (κ2) is 7.19. The Morgan fingerprint density at radius 3 is 2.63 bits per heavy atom. The van der Waals surface area contributed by atoms with Crippen molar-refractivity contribution in [2.24, 2.45) is 0 Å². The summed E-state index contributed by atoms with van der Waals surface area (Å²) in [7, 11) is 0. The highest BCUT2D eigenvalue weighted by Gasteiger charge is 2.31. The monoisotopic (exact) mass is 365 g/mol. The molecule has 0 saturated heterocycles. The molecule has 1 aromatic heterocycles. The van der Waals surface area contributed by atoms with Gasteiger partial charge < -0.3 is 5.32 Å². The van der Waals surface area contributed by atoms with Crippen LogP contribution in [0.25, 0.3) is 0 Å². The van der Waals surface area contributed by atoms with Crippen molar-refractivity contribution < 1.29 is 9.18 Å². The van der Waals surface area contributed by atoms with Crippen LogP contribution in [-0.4, -0.2) is 20.7 Å². The molecule has 27 heavy (non-hydrogen) atoms. The van der Waals surface area contributed by atoms with Gasteiger partial charge in [-0.15, -0.1) is 5.10 Å². The molecule has 0 spiro atoms. The van der Waals surface area contributed by atoms with E-state index < -0.39 is 0 Å². The molecule has 0 fully saturated rings. The van der Waals surface area contributed by atoms with E-state index in [0.717, 1.165) is 17.5 Å². The molecule has 3 aromatic rings. The first-order valence-electron chi connectivity index (χ1n) is 8.97. The summed E-state index contributed by atoms with van der Waals surface area (Å²) in [5.41, 5.74) is 2.08. The van der Waals surface area contributed by atoms with E-state index in [1.54, 1.807) is 23.7 Å². The van der Waals surface area contributed by atoms with Gasteiger partial charge in [0, 0.05) is 6.42 Å². The lowest BCUT2D eigenvalue weighted by Crippen LogP contribution is -2.28. The summed E-state index contributed by atoms with van der Waals surface area (Å²) < 4.78 is 15.1. The van der Waals surface area contributed by atoms with Crippen molar-refractivity contribution in [3.05, 3.63) is 71.5 Å². The zero-order chi connectivity index (χ0) is 18.8. The summed E-state index contributed by atoms with van der Waals surface area (Å²) in [4.78, 5) is 16.1. The first-order valence-corrected chi connectivity index (χ1v) is 8.97. The molecule has 1 amide bonds. The SMILES string of the molecule is CCC(=O)Nc1nc2n(n1)[C@@H](c1ccc(F)cc1)C[C@H](c1ccccc1)N2. The molecule has 2 N–H and O–H groups in total. The second-order valence-corrected chi connectivity index (χ2v) is 6.52. The van der Waals surface area contributed by atoms with Gasteiger partial charge in [0.15, 0.2) is 0 Å². The summed E-state index contributed by atoms with van der Waals surface area (Å²) in [6.45, 7) is 1.77. The Morgan fingerprint density at radius 2 is 1.93 bits per heavy atom. The molecule has 1 aliphatic heterocycles. The summed E-state index contributed by atoms with van der Waals surface area (Å²) in [6, 6.07) is 16.4. The molecule has 0 saturated carbocycles. The number of nitrogens with zero attached hydrogens (tertiary/aromatic N) is 3. The maximum atomic E-state index is 13.4. The van der Waals surface area contributed by atoms with Gasteiger partial charge in [0.25, 0.3) is 5.95 Å². The molecule has 138 valence electrons. The molecule has 0 aliphatic carbocycles.